The van der Waals surface area contributed by atoms with Gasteiger partial charge < -0.3 is 23.7 Å². The van der Waals surface area contributed by atoms with Crippen molar-refractivity contribution in [1.29, 1.82) is 0 Å². The van der Waals surface area contributed by atoms with Crippen molar-refractivity contribution in [3.05, 3.63) is 35.9 Å². The molecule has 0 amide bonds. The molecule has 3 aliphatic rings. The van der Waals surface area contributed by atoms with Crippen molar-refractivity contribution in [2.75, 3.05) is 12.4 Å². The largest absolute Gasteiger partial charge is 0.458 e. The molecule has 166 valence electrons. The van der Waals surface area contributed by atoms with E-state index in [9.17, 15) is 4.79 Å². The second-order valence-corrected chi connectivity index (χ2v) is 9.56. The summed E-state index contributed by atoms with van der Waals surface area (Å²) in [7, 11) is 0. The second kappa shape index (κ2) is 10.5. The summed E-state index contributed by atoms with van der Waals surface area (Å²) in [5.74, 6) is 0.553. The number of hydrogen-bond donors (Lipinski definition) is 0. The Bertz CT molecular complexity index is 680. The molecule has 6 atom stereocenters. The highest BCUT2D eigenvalue weighted by atomic mass is 32.2. The topological polar surface area (TPSA) is 63.2 Å². The fraction of sp³-hybridized carbons (Fsp3) is 0.696. The van der Waals surface area contributed by atoms with Crippen LogP contribution in [0.5, 0.6) is 0 Å². The van der Waals surface area contributed by atoms with Crippen LogP contribution in [0.15, 0.2) is 30.3 Å². The molecule has 1 aromatic rings. The Morgan fingerprint density at radius 1 is 1.13 bits per heavy atom. The molecule has 0 spiro atoms. The molecular formula is C23H32O6S. The van der Waals surface area contributed by atoms with Crippen LogP contribution in [0, 0.1) is 0 Å². The highest BCUT2D eigenvalue weighted by molar-refractivity contribution is 7.99. The molecule has 2 unspecified atom stereocenters. The number of fused-ring (bicyclic) bond motifs is 1. The van der Waals surface area contributed by atoms with Crippen molar-refractivity contribution in [2.24, 2.45) is 0 Å². The van der Waals surface area contributed by atoms with Crippen LogP contribution in [0.3, 0.4) is 0 Å². The Kier molecular flexibility index (Phi) is 7.70. The van der Waals surface area contributed by atoms with E-state index < -0.39 is 24.8 Å². The van der Waals surface area contributed by atoms with Gasteiger partial charge in [-0.25, -0.2) is 0 Å². The third-order valence-corrected chi connectivity index (χ3v) is 7.10. The van der Waals surface area contributed by atoms with E-state index >= 15 is 0 Å². The van der Waals surface area contributed by atoms with Crippen LogP contribution in [-0.2, 0) is 28.5 Å². The van der Waals surface area contributed by atoms with E-state index in [2.05, 4.69) is 6.92 Å². The monoisotopic (exact) mass is 436 g/mol. The predicted molar refractivity (Wildman–Crippen MR) is 114 cm³/mol. The predicted octanol–water partition coefficient (Wildman–Crippen LogP) is 4.23. The summed E-state index contributed by atoms with van der Waals surface area (Å²) in [4.78, 5) is 12.0. The van der Waals surface area contributed by atoms with Crippen LogP contribution in [-0.4, -0.2) is 54.3 Å². The first-order valence-electron chi connectivity index (χ1n) is 11.1. The Morgan fingerprint density at radius 3 is 2.60 bits per heavy atom. The fourth-order valence-electron chi connectivity index (χ4n) is 4.52. The van der Waals surface area contributed by atoms with E-state index in [1.54, 1.807) is 11.8 Å². The number of rotatable bonds is 6. The van der Waals surface area contributed by atoms with E-state index in [0.29, 0.717) is 6.61 Å². The SMILES string of the molecule is CCS[C@H]1C(OC2CCCCC2)O[C@@H]2COC(c3ccccc3)O[C@H]2[C@@H]1OC(C)=O. The summed E-state index contributed by atoms with van der Waals surface area (Å²) in [5.41, 5.74) is 0.942. The van der Waals surface area contributed by atoms with E-state index in [-0.39, 0.29) is 23.4 Å². The summed E-state index contributed by atoms with van der Waals surface area (Å²) < 4.78 is 30.9. The molecule has 0 bridgehead atoms. The highest BCUT2D eigenvalue weighted by Crippen LogP contribution is 2.40. The molecule has 2 heterocycles. The van der Waals surface area contributed by atoms with Crippen LogP contribution < -0.4 is 0 Å². The molecule has 3 fully saturated rings. The van der Waals surface area contributed by atoms with Crippen molar-refractivity contribution in [3.63, 3.8) is 0 Å². The molecule has 1 aliphatic carbocycles. The Labute approximate surface area is 182 Å². The zero-order valence-corrected chi connectivity index (χ0v) is 18.6. The molecule has 2 saturated heterocycles. The van der Waals surface area contributed by atoms with Gasteiger partial charge in [0.25, 0.3) is 0 Å². The standard InChI is InChI=1S/C23H32O6S/c1-3-30-21-20(26-15(2)24)19-18(28-23(21)27-17-12-8-5-9-13-17)14-25-22(29-19)16-10-6-4-7-11-16/h4,6-7,10-11,17-23H,3,5,8-9,12-14H2,1-2H3/t18-,19-,20+,21-,22?,23?/m1/s1. The van der Waals surface area contributed by atoms with Crippen LogP contribution in [0.1, 0.15) is 57.8 Å². The quantitative estimate of drug-likeness (QED) is 0.619. The maximum atomic E-state index is 12.0. The van der Waals surface area contributed by atoms with Gasteiger partial charge in [-0.05, 0) is 18.6 Å². The lowest BCUT2D eigenvalue weighted by Gasteiger charge is -2.49. The summed E-state index contributed by atoms with van der Waals surface area (Å²) in [5, 5.41) is -0.142. The third-order valence-electron chi connectivity index (χ3n) is 5.90. The van der Waals surface area contributed by atoms with Gasteiger partial charge in [-0.1, -0.05) is 56.5 Å². The van der Waals surface area contributed by atoms with Gasteiger partial charge in [0.15, 0.2) is 12.6 Å². The number of carbonyl (C=O) groups excluding carboxylic acids is 1. The van der Waals surface area contributed by atoms with Crippen molar-refractivity contribution in [3.8, 4) is 0 Å². The number of esters is 1. The average Bonchev–Trinajstić information content (AvgIpc) is 2.77. The van der Waals surface area contributed by atoms with Gasteiger partial charge in [-0.2, -0.15) is 0 Å². The maximum Gasteiger partial charge on any atom is 0.303 e. The van der Waals surface area contributed by atoms with Gasteiger partial charge >= 0.3 is 5.97 Å². The van der Waals surface area contributed by atoms with E-state index in [1.807, 2.05) is 30.3 Å². The molecule has 4 rings (SSSR count). The third kappa shape index (κ3) is 5.19. The lowest BCUT2D eigenvalue weighted by atomic mass is 9.96. The van der Waals surface area contributed by atoms with Gasteiger partial charge in [-0.15, -0.1) is 11.8 Å². The number of carbonyl (C=O) groups is 1. The minimum Gasteiger partial charge on any atom is -0.458 e. The van der Waals surface area contributed by atoms with Crippen molar-refractivity contribution in [2.45, 2.75) is 88.2 Å². The summed E-state index contributed by atoms with van der Waals surface area (Å²) in [6.07, 6.45) is 3.82. The first-order valence-corrected chi connectivity index (χ1v) is 12.1. The molecule has 7 heteroatoms. The molecule has 30 heavy (non-hydrogen) atoms. The molecule has 1 aromatic carbocycles. The molecule has 0 N–H and O–H groups in total. The lowest BCUT2D eigenvalue weighted by molar-refractivity contribution is -0.340. The highest BCUT2D eigenvalue weighted by Gasteiger charge is 2.52. The van der Waals surface area contributed by atoms with E-state index in [0.717, 1.165) is 24.2 Å². The summed E-state index contributed by atoms with van der Waals surface area (Å²) in [6.45, 7) is 3.91. The van der Waals surface area contributed by atoms with Crippen LogP contribution in [0.4, 0.5) is 0 Å². The van der Waals surface area contributed by atoms with Crippen molar-refractivity contribution < 1.29 is 28.5 Å². The summed E-state index contributed by atoms with van der Waals surface area (Å²) >= 11 is 1.70. The van der Waals surface area contributed by atoms with Crippen molar-refractivity contribution in [1.82, 2.24) is 0 Å². The zero-order chi connectivity index (χ0) is 20.9. The first kappa shape index (κ1) is 22.1. The lowest BCUT2D eigenvalue weighted by Crippen LogP contribution is -2.62. The van der Waals surface area contributed by atoms with E-state index in [4.69, 9.17) is 23.7 Å². The molecule has 0 radical (unpaired) electrons. The average molecular weight is 437 g/mol. The molecule has 0 aromatic heterocycles. The minimum atomic E-state index is -0.503. The molecule has 2 aliphatic heterocycles. The van der Waals surface area contributed by atoms with Gasteiger partial charge in [0.05, 0.1) is 18.0 Å². The van der Waals surface area contributed by atoms with Crippen LogP contribution >= 0.6 is 11.8 Å². The number of benzene rings is 1. The Morgan fingerprint density at radius 2 is 1.90 bits per heavy atom. The Hall–Kier alpha value is -1.12. The van der Waals surface area contributed by atoms with Gasteiger partial charge in [0.2, 0.25) is 0 Å². The van der Waals surface area contributed by atoms with Crippen molar-refractivity contribution >= 4 is 17.7 Å². The smallest absolute Gasteiger partial charge is 0.303 e. The van der Waals surface area contributed by atoms with Gasteiger partial charge in [-0.3, -0.25) is 4.79 Å². The van der Waals surface area contributed by atoms with Gasteiger partial charge in [0.1, 0.15) is 18.3 Å². The normalized spacial score (nSPS) is 34.9. The zero-order valence-electron chi connectivity index (χ0n) is 17.7. The summed E-state index contributed by atoms with van der Waals surface area (Å²) in [6, 6.07) is 9.82. The minimum absolute atomic E-state index is 0.142. The van der Waals surface area contributed by atoms with Gasteiger partial charge in [0, 0.05) is 12.5 Å². The maximum absolute atomic E-state index is 12.0. The molecule has 1 saturated carbocycles. The van der Waals surface area contributed by atoms with Crippen LogP contribution in [0.25, 0.3) is 0 Å². The molecular weight excluding hydrogens is 404 g/mol. The number of ether oxygens (including phenoxy) is 5. The van der Waals surface area contributed by atoms with Crippen LogP contribution in [0.2, 0.25) is 0 Å². The second-order valence-electron chi connectivity index (χ2n) is 8.11. The number of hydrogen-bond acceptors (Lipinski definition) is 7. The molecule has 6 nitrogen and oxygen atoms in total. The number of thioether (sulfide) groups is 1. The Balaban J connectivity index is 1.54. The first-order chi connectivity index (χ1) is 14.7. The fourth-order valence-corrected chi connectivity index (χ4v) is 5.59. The van der Waals surface area contributed by atoms with E-state index in [1.165, 1.54) is 26.2 Å².